The minimum absolute atomic E-state index is 0.431. The summed E-state index contributed by atoms with van der Waals surface area (Å²) in [4.78, 5) is 26.9. The number of carbonyl (C=O) groups excluding carboxylic acids is 2. The van der Waals surface area contributed by atoms with E-state index in [2.05, 4.69) is 5.32 Å². The molecule has 1 heterocycles. The summed E-state index contributed by atoms with van der Waals surface area (Å²) in [5.41, 5.74) is 2.67. The molecule has 2 rings (SSSR count). The second-order valence-corrected chi connectivity index (χ2v) is 6.48. The van der Waals surface area contributed by atoms with Crippen LogP contribution in [-0.2, 0) is 27.5 Å². The summed E-state index contributed by atoms with van der Waals surface area (Å²) in [6.07, 6.45) is 0. The number of ether oxygens (including phenoxy) is 1. The van der Waals surface area contributed by atoms with E-state index in [1.54, 1.807) is 24.5 Å². The third-order valence-corrected chi connectivity index (χ3v) is 4.56. The van der Waals surface area contributed by atoms with E-state index in [9.17, 15) is 9.59 Å². The van der Waals surface area contributed by atoms with Gasteiger partial charge in [-0.25, -0.2) is 0 Å². The van der Waals surface area contributed by atoms with Gasteiger partial charge in [0.25, 0.3) is 0 Å². The van der Waals surface area contributed by atoms with Crippen LogP contribution in [0, 0.1) is 6.92 Å². The lowest BCUT2D eigenvalue weighted by Crippen LogP contribution is -2.36. The van der Waals surface area contributed by atoms with E-state index >= 15 is 0 Å². The van der Waals surface area contributed by atoms with Crippen LogP contribution in [-0.4, -0.2) is 30.4 Å². The maximum absolute atomic E-state index is 12.2. The molecule has 0 radical (unpaired) electrons. The van der Waals surface area contributed by atoms with Gasteiger partial charge in [-0.3, -0.25) is 9.59 Å². The molecule has 6 heteroatoms. The summed E-state index contributed by atoms with van der Waals surface area (Å²) in [6, 6.07) is 9.31. The molecule has 24 heavy (non-hydrogen) atoms. The Morgan fingerprint density at radius 1 is 1.29 bits per heavy atom. The molecule has 1 aromatic heterocycles. The van der Waals surface area contributed by atoms with Crippen molar-refractivity contribution < 1.29 is 14.3 Å². The van der Waals surface area contributed by atoms with Crippen LogP contribution < -0.4 is 5.32 Å². The van der Waals surface area contributed by atoms with Crippen molar-refractivity contribution in [2.24, 2.45) is 0 Å². The van der Waals surface area contributed by atoms with Gasteiger partial charge in [-0.05, 0) is 48.6 Å². The van der Waals surface area contributed by atoms with Gasteiger partial charge >= 0.3 is 11.8 Å². The number of carbonyl (C=O) groups is 2. The molecule has 2 aromatic rings. The summed E-state index contributed by atoms with van der Waals surface area (Å²) in [7, 11) is 1.63. The van der Waals surface area contributed by atoms with Crippen LogP contribution in [0.1, 0.15) is 22.9 Å². The van der Waals surface area contributed by atoms with Crippen LogP contribution in [0.15, 0.2) is 35.7 Å². The van der Waals surface area contributed by atoms with E-state index in [4.69, 9.17) is 4.74 Å². The van der Waals surface area contributed by atoms with E-state index in [-0.39, 0.29) is 0 Å². The van der Waals surface area contributed by atoms with Crippen molar-refractivity contribution in [3.8, 4) is 0 Å². The fraction of sp³-hybridized carbons (Fsp3) is 0.333. The number of anilines is 1. The van der Waals surface area contributed by atoms with E-state index in [1.165, 1.54) is 4.90 Å². The van der Waals surface area contributed by atoms with Gasteiger partial charge in [0.1, 0.15) is 0 Å². The molecule has 0 atom stereocenters. The molecule has 0 aliphatic carbocycles. The van der Waals surface area contributed by atoms with Gasteiger partial charge in [0, 0.05) is 24.2 Å². The third kappa shape index (κ3) is 4.91. The molecule has 0 spiro atoms. The normalized spacial score (nSPS) is 10.5. The lowest BCUT2D eigenvalue weighted by atomic mass is 10.2. The zero-order valence-electron chi connectivity index (χ0n) is 14.2. The molecular weight excluding hydrogens is 324 g/mol. The molecule has 0 unspecified atom stereocenters. The quantitative estimate of drug-likeness (QED) is 0.817. The molecular formula is C18H22N2O3S. The summed E-state index contributed by atoms with van der Waals surface area (Å²) >= 11 is 1.58. The van der Waals surface area contributed by atoms with Crippen LogP contribution in [0.5, 0.6) is 0 Å². The summed E-state index contributed by atoms with van der Waals surface area (Å²) in [5, 5.41) is 4.63. The molecule has 0 bridgehead atoms. The van der Waals surface area contributed by atoms with Gasteiger partial charge in [0.2, 0.25) is 0 Å². The summed E-state index contributed by atoms with van der Waals surface area (Å²) < 4.78 is 5.35. The van der Waals surface area contributed by atoms with Crippen LogP contribution >= 0.6 is 11.3 Å². The molecule has 1 aromatic carbocycles. The number of benzene rings is 1. The Kier molecular flexibility index (Phi) is 6.52. The Hall–Kier alpha value is -2.18. The van der Waals surface area contributed by atoms with E-state index in [0.717, 1.165) is 16.0 Å². The first-order valence-corrected chi connectivity index (χ1v) is 8.65. The van der Waals surface area contributed by atoms with E-state index in [0.29, 0.717) is 25.4 Å². The molecule has 1 N–H and O–H groups in total. The average Bonchev–Trinajstić information content (AvgIpc) is 2.97. The van der Waals surface area contributed by atoms with Gasteiger partial charge in [-0.2, -0.15) is 0 Å². The average molecular weight is 346 g/mol. The molecule has 0 aliphatic rings. The van der Waals surface area contributed by atoms with Gasteiger partial charge in [-0.1, -0.05) is 12.1 Å². The summed E-state index contributed by atoms with van der Waals surface area (Å²) in [5.74, 6) is -1.20. The van der Waals surface area contributed by atoms with E-state index < -0.39 is 11.8 Å². The number of hydrogen-bond acceptors (Lipinski definition) is 4. The predicted octanol–water partition coefficient (Wildman–Crippen LogP) is 3.19. The Balaban J connectivity index is 1.96. The van der Waals surface area contributed by atoms with Gasteiger partial charge < -0.3 is 15.0 Å². The van der Waals surface area contributed by atoms with Crippen LogP contribution in [0.3, 0.4) is 0 Å². The number of likely N-dealkylation sites (N-methyl/N-ethyl adjacent to an activating group) is 1. The van der Waals surface area contributed by atoms with Crippen LogP contribution in [0.4, 0.5) is 5.69 Å². The molecule has 128 valence electrons. The third-order valence-electron chi connectivity index (χ3n) is 3.55. The fourth-order valence-electron chi connectivity index (χ4n) is 2.17. The summed E-state index contributed by atoms with van der Waals surface area (Å²) in [6.45, 7) is 5.46. The van der Waals surface area contributed by atoms with Gasteiger partial charge in [0.05, 0.1) is 13.2 Å². The van der Waals surface area contributed by atoms with Crippen LogP contribution in [0.2, 0.25) is 0 Å². The number of amides is 2. The number of hydrogen-bond donors (Lipinski definition) is 1. The standard InChI is InChI=1S/C18H22N2O3S/c1-4-23-12-14-6-5-7-15(10-14)19-17(21)18(22)20(3)11-16-13(2)8-9-24-16/h5-10H,4,11-12H2,1-3H3,(H,19,21). The van der Waals surface area contributed by atoms with E-state index in [1.807, 2.05) is 43.5 Å². The SMILES string of the molecule is CCOCc1cccc(NC(=O)C(=O)N(C)Cc2sccc2C)c1. The van der Waals surface area contributed by atoms with Crippen molar-refractivity contribution in [2.75, 3.05) is 19.0 Å². The van der Waals surface area contributed by atoms with Gasteiger partial charge in [-0.15, -0.1) is 11.3 Å². The molecule has 0 aliphatic heterocycles. The molecule has 0 fully saturated rings. The Labute approximate surface area is 146 Å². The topological polar surface area (TPSA) is 58.6 Å². The number of thiophene rings is 1. The first-order chi connectivity index (χ1) is 11.5. The lowest BCUT2D eigenvalue weighted by Gasteiger charge is -2.16. The number of aryl methyl sites for hydroxylation is 1. The van der Waals surface area contributed by atoms with Crippen molar-refractivity contribution >= 4 is 28.8 Å². The monoisotopic (exact) mass is 346 g/mol. The minimum atomic E-state index is -0.639. The number of nitrogens with one attached hydrogen (secondary N) is 1. The van der Waals surface area contributed by atoms with Crippen molar-refractivity contribution in [1.82, 2.24) is 4.90 Å². The zero-order valence-corrected chi connectivity index (χ0v) is 15.0. The highest BCUT2D eigenvalue weighted by atomic mass is 32.1. The smallest absolute Gasteiger partial charge is 0.313 e. The minimum Gasteiger partial charge on any atom is -0.377 e. The van der Waals surface area contributed by atoms with Crippen molar-refractivity contribution in [1.29, 1.82) is 0 Å². The highest BCUT2D eigenvalue weighted by molar-refractivity contribution is 7.10. The molecule has 0 saturated carbocycles. The predicted molar refractivity (Wildman–Crippen MR) is 95.9 cm³/mol. The second-order valence-electron chi connectivity index (χ2n) is 5.48. The lowest BCUT2D eigenvalue weighted by molar-refractivity contribution is -0.142. The van der Waals surface area contributed by atoms with Crippen molar-refractivity contribution in [3.05, 3.63) is 51.7 Å². The Morgan fingerprint density at radius 2 is 2.08 bits per heavy atom. The Bertz CT molecular complexity index is 712. The largest absolute Gasteiger partial charge is 0.377 e. The Morgan fingerprint density at radius 3 is 2.75 bits per heavy atom. The number of nitrogens with zero attached hydrogens (tertiary/aromatic N) is 1. The van der Waals surface area contributed by atoms with Crippen molar-refractivity contribution in [2.45, 2.75) is 27.0 Å². The van der Waals surface area contributed by atoms with Crippen molar-refractivity contribution in [3.63, 3.8) is 0 Å². The van der Waals surface area contributed by atoms with Gasteiger partial charge in [0.15, 0.2) is 0 Å². The molecule has 5 nitrogen and oxygen atoms in total. The highest BCUT2D eigenvalue weighted by Gasteiger charge is 2.19. The van der Waals surface area contributed by atoms with Crippen LogP contribution in [0.25, 0.3) is 0 Å². The number of rotatable bonds is 6. The first kappa shape index (κ1) is 18.2. The highest BCUT2D eigenvalue weighted by Crippen LogP contribution is 2.17. The fourth-order valence-corrected chi connectivity index (χ4v) is 3.13. The second kappa shape index (κ2) is 8.61. The maximum atomic E-state index is 12.2. The maximum Gasteiger partial charge on any atom is 0.313 e. The first-order valence-electron chi connectivity index (χ1n) is 7.77. The molecule has 0 saturated heterocycles. The zero-order chi connectivity index (χ0) is 17.5. The molecule has 2 amide bonds.